The van der Waals surface area contributed by atoms with Gasteiger partial charge in [0.15, 0.2) is 11.5 Å². The topological polar surface area (TPSA) is 50.8 Å². The van der Waals surface area contributed by atoms with Crippen LogP contribution in [0.4, 0.5) is 4.79 Å². The highest BCUT2D eigenvalue weighted by molar-refractivity contribution is 5.76. The third-order valence-electron chi connectivity index (χ3n) is 3.06. The molecule has 0 spiro atoms. The van der Waals surface area contributed by atoms with Crippen LogP contribution in [0, 0.1) is 0 Å². The van der Waals surface area contributed by atoms with Crippen LogP contribution in [0.5, 0.6) is 11.5 Å². The van der Waals surface area contributed by atoms with E-state index in [1.54, 1.807) is 14.2 Å². The second kappa shape index (κ2) is 5.62. The number of carbonyl (C=O) groups is 1. The molecular weight excluding hydrogens is 232 g/mol. The van der Waals surface area contributed by atoms with E-state index in [1.807, 2.05) is 23.1 Å². The van der Waals surface area contributed by atoms with Crippen molar-refractivity contribution in [2.45, 2.75) is 6.42 Å². The zero-order valence-electron chi connectivity index (χ0n) is 10.7. The highest BCUT2D eigenvalue weighted by Gasteiger charge is 2.18. The maximum absolute atomic E-state index is 11.4. The first-order valence-corrected chi connectivity index (χ1v) is 5.98. The fourth-order valence-corrected chi connectivity index (χ4v) is 2.02. The van der Waals surface area contributed by atoms with Crippen LogP contribution in [0.3, 0.4) is 0 Å². The van der Waals surface area contributed by atoms with E-state index >= 15 is 0 Å². The lowest BCUT2D eigenvalue weighted by Gasteiger charge is -2.14. The molecule has 1 fully saturated rings. The zero-order chi connectivity index (χ0) is 13.0. The Morgan fingerprint density at radius 2 is 2.06 bits per heavy atom. The fourth-order valence-electron chi connectivity index (χ4n) is 2.02. The van der Waals surface area contributed by atoms with Crippen molar-refractivity contribution in [2.75, 3.05) is 33.9 Å². The van der Waals surface area contributed by atoms with E-state index in [4.69, 9.17) is 9.47 Å². The molecule has 1 aromatic rings. The van der Waals surface area contributed by atoms with Gasteiger partial charge in [0.1, 0.15) is 0 Å². The van der Waals surface area contributed by atoms with Crippen molar-refractivity contribution in [3.63, 3.8) is 0 Å². The van der Waals surface area contributed by atoms with Gasteiger partial charge in [-0.3, -0.25) is 0 Å². The molecule has 5 nitrogen and oxygen atoms in total. The molecule has 0 aromatic heterocycles. The number of ether oxygens (including phenoxy) is 2. The SMILES string of the molecule is COc1ccc(CCN2CCNC2=O)cc1OC. The molecule has 1 aliphatic heterocycles. The van der Waals surface area contributed by atoms with Gasteiger partial charge in [-0.1, -0.05) is 6.07 Å². The normalized spacial score (nSPS) is 14.6. The predicted molar refractivity (Wildman–Crippen MR) is 68.2 cm³/mol. The minimum Gasteiger partial charge on any atom is -0.493 e. The van der Waals surface area contributed by atoms with Crippen molar-refractivity contribution >= 4 is 6.03 Å². The summed E-state index contributed by atoms with van der Waals surface area (Å²) >= 11 is 0. The van der Waals surface area contributed by atoms with Crippen LogP contribution in [-0.2, 0) is 6.42 Å². The lowest BCUT2D eigenvalue weighted by molar-refractivity contribution is 0.218. The molecule has 2 amide bonds. The van der Waals surface area contributed by atoms with E-state index in [-0.39, 0.29) is 6.03 Å². The summed E-state index contributed by atoms with van der Waals surface area (Å²) < 4.78 is 10.4. The maximum atomic E-state index is 11.4. The predicted octanol–water partition coefficient (Wildman–Crippen LogP) is 1.27. The number of carbonyl (C=O) groups excluding carboxylic acids is 1. The quantitative estimate of drug-likeness (QED) is 0.856. The number of methoxy groups -OCH3 is 2. The van der Waals surface area contributed by atoms with E-state index in [9.17, 15) is 4.79 Å². The van der Waals surface area contributed by atoms with Crippen molar-refractivity contribution in [1.82, 2.24) is 10.2 Å². The number of rotatable bonds is 5. The van der Waals surface area contributed by atoms with Gasteiger partial charge < -0.3 is 19.7 Å². The first-order chi connectivity index (χ1) is 8.74. The number of nitrogens with one attached hydrogen (secondary N) is 1. The molecule has 1 saturated heterocycles. The van der Waals surface area contributed by atoms with E-state index < -0.39 is 0 Å². The average molecular weight is 250 g/mol. The Kier molecular flexibility index (Phi) is 3.92. The molecule has 0 unspecified atom stereocenters. The van der Waals surface area contributed by atoms with Crippen molar-refractivity contribution < 1.29 is 14.3 Å². The lowest BCUT2D eigenvalue weighted by atomic mass is 10.1. The van der Waals surface area contributed by atoms with Gasteiger partial charge >= 0.3 is 6.03 Å². The van der Waals surface area contributed by atoms with Gasteiger partial charge in [0.2, 0.25) is 0 Å². The Labute approximate surface area is 107 Å². The lowest BCUT2D eigenvalue weighted by Crippen LogP contribution is -2.29. The number of nitrogens with zero attached hydrogens (tertiary/aromatic N) is 1. The molecule has 2 rings (SSSR count). The van der Waals surface area contributed by atoms with Crippen LogP contribution < -0.4 is 14.8 Å². The molecule has 1 aliphatic rings. The molecule has 1 N–H and O–H groups in total. The summed E-state index contributed by atoms with van der Waals surface area (Å²) in [6.07, 6.45) is 0.813. The molecule has 1 heterocycles. The third-order valence-corrected chi connectivity index (χ3v) is 3.06. The van der Waals surface area contributed by atoms with E-state index in [1.165, 1.54) is 0 Å². The molecular formula is C13H18N2O3. The molecule has 0 atom stereocenters. The van der Waals surface area contributed by atoms with Crippen molar-refractivity contribution in [3.8, 4) is 11.5 Å². The molecule has 0 bridgehead atoms. The molecule has 5 heteroatoms. The summed E-state index contributed by atoms with van der Waals surface area (Å²) in [7, 11) is 3.24. The number of urea groups is 1. The molecule has 0 radical (unpaired) electrons. The summed E-state index contributed by atoms with van der Waals surface area (Å²) in [4.78, 5) is 13.2. The van der Waals surface area contributed by atoms with Gasteiger partial charge in [-0.25, -0.2) is 4.79 Å². The number of amides is 2. The van der Waals surface area contributed by atoms with Gasteiger partial charge in [0, 0.05) is 19.6 Å². The summed E-state index contributed by atoms with van der Waals surface area (Å²) in [5, 5.41) is 2.79. The minimum absolute atomic E-state index is 0.0236. The molecule has 0 saturated carbocycles. The van der Waals surface area contributed by atoms with Crippen LogP contribution in [-0.4, -0.2) is 44.8 Å². The van der Waals surface area contributed by atoms with Gasteiger partial charge in [0.05, 0.1) is 14.2 Å². The third kappa shape index (κ3) is 2.67. The molecule has 1 aromatic carbocycles. The van der Waals surface area contributed by atoms with Crippen LogP contribution in [0.15, 0.2) is 18.2 Å². The maximum Gasteiger partial charge on any atom is 0.317 e. The second-order valence-electron chi connectivity index (χ2n) is 4.16. The summed E-state index contributed by atoms with van der Waals surface area (Å²) in [5.74, 6) is 1.45. The molecule has 18 heavy (non-hydrogen) atoms. The zero-order valence-corrected chi connectivity index (χ0v) is 10.7. The molecule has 0 aliphatic carbocycles. The summed E-state index contributed by atoms with van der Waals surface area (Å²) in [6, 6.07) is 5.86. The van der Waals surface area contributed by atoms with Gasteiger partial charge in [-0.15, -0.1) is 0 Å². The monoisotopic (exact) mass is 250 g/mol. The number of hydrogen-bond donors (Lipinski definition) is 1. The Morgan fingerprint density at radius 1 is 1.28 bits per heavy atom. The standard InChI is InChI=1S/C13H18N2O3/c1-17-11-4-3-10(9-12(11)18-2)5-7-15-8-6-14-13(15)16/h3-4,9H,5-8H2,1-2H3,(H,14,16). The van der Waals surface area contributed by atoms with Crippen molar-refractivity contribution in [3.05, 3.63) is 23.8 Å². The minimum atomic E-state index is 0.0236. The van der Waals surface area contributed by atoms with E-state index in [0.717, 1.165) is 43.1 Å². The van der Waals surface area contributed by atoms with Crippen LogP contribution in [0.2, 0.25) is 0 Å². The summed E-state index contributed by atoms with van der Waals surface area (Å²) in [5.41, 5.74) is 1.13. The molecule has 98 valence electrons. The Balaban J connectivity index is 1.99. The van der Waals surface area contributed by atoms with Crippen molar-refractivity contribution in [2.24, 2.45) is 0 Å². The van der Waals surface area contributed by atoms with Gasteiger partial charge in [0.25, 0.3) is 0 Å². The summed E-state index contributed by atoms with van der Waals surface area (Å²) in [6.45, 7) is 2.25. The largest absolute Gasteiger partial charge is 0.493 e. The Morgan fingerprint density at radius 3 is 2.67 bits per heavy atom. The fraction of sp³-hybridized carbons (Fsp3) is 0.462. The van der Waals surface area contributed by atoms with E-state index in [0.29, 0.717) is 0 Å². The van der Waals surface area contributed by atoms with Crippen LogP contribution in [0.25, 0.3) is 0 Å². The smallest absolute Gasteiger partial charge is 0.317 e. The average Bonchev–Trinajstić information content (AvgIpc) is 2.81. The Bertz CT molecular complexity index is 434. The number of hydrogen-bond acceptors (Lipinski definition) is 3. The van der Waals surface area contributed by atoms with E-state index in [2.05, 4.69) is 5.32 Å². The second-order valence-corrected chi connectivity index (χ2v) is 4.16. The first kappa shape index (κ1) is 12.5. The van der Waals surface area contributed by atoms with Gasteiger partial charge in [-0.2, -0.15) is 0 Å². The van der Waals surface area contributed by atoms with Crippen LogP contribution >= 0.6 is 0 Å². The highest BCUT2D eigenvalue weighted by atomic mass is 16.5. The highest BCUT2D eigenvalue weighted by Crippen LogP contribution is 2.27. The van der Waals surface area contributed by atoms with Crippen molar-refractivity contribution in [1.29, 1.82) is 0 Å². The Hall–Kier alpha value is -1.91. The first-order valence-electron chi connectivity index (χ1n) is 5.98. The van der Waals surface area contributed by atoms with Crippen LogP contribution in [0.1, 0.15) is 5.56 Å². The van der Waals surface area contributed by atoms with Gasteiger partial charge in [-0.05, 0) is 24.1 Å². The number of benzene rings is 1.